The van der Waals surface area contributed by atoms with Gasteiger partial charge in [-0.15, -0.1) is 0 Å². The number of rotatable bonds is 5. The van der Waals surface area contributed by atoms with E-state index < -0.39 is 4.92 Å². The largest absolute Gasteiger partial charge is 0.335 e. The van der Waals surface area contributed by atoms with Gasteiger partial charge in [0.25, 0.3) is 11.6 Å². The molecule has 114 valence electrons. The Kier molecular flexibility index (Phi) is 5.12. The van der Waals surface area contributed by atoms with E-state index in [2.05, 4.69) is 0 Å². The van der Waals surface area contributed by atoms with Crippen LogP contribution in [0.1, 0.15) is 22.8 Å². The number of amides is 1. The fourth-order valence-corrected chi connectivity index (χ4v) is 2.35. The lowest BCUT2D eigenvalue weighted by molar-refractivity contribution is -0.384. The van der Waals surface area contributed by atoms with E-state index >= 15 is 0 Å². The summed E-state index contributed by atoms with van der Waals surface area (Å²) >= 11 is 6.02. The van der Waals surface area contributed by atoms with Crippen LogP contribution in [0.15, 0.2) is 48.5 Å². The topological polar surface area (TPSA) is 63.5 Å². The molecule has 0 atom stereocenters. The van der Waals surface area contributed by atoms with Gasteiger partial charge >= 0.3 is 0 Å². The summed E-state index contributed by atoms with van der Waals surface area (Å²) in [5.74, 6) is -0.244. The van der Waals surface area contributed by atoms with Gasteiger partial charge in [-0.1, -0.05) is 41.9 Å². The third-order valence-corrected chi connectivity index (χ3v) is 3.59. The third-order valence-electron chi connectivity index (χ3n) is 3.28. The molecule has 0 heterocycles. The molecule has 0 aliphatic rings. The summed E-state index contributed by atoms with van der Waals surface area (Å²) in [6.45, 7) is 2.85. The van der Waals surface area contributed by atoms with Crippen molar-refractivity contribution in [2.75, 3.05) is 6.54 Å². The molecule has 0 aromatic heterocycles. The average Bonchev–Trinajstić information content (AvgIpc) is 2.52. The SMILES string of the molecule is CCN(Cc1ccccc1)C(=O)c1ccc([N+](=O)[O-])cc1Cl. The van der Waals surface area contributed by atoms with E-state index in [-0.39, 0.29) is 22.2 Å². The van der Waals surface area contributed by atoms with Gasteiger partial charge in [-0.3, -0.25) is 14.9 Å². The summed E-state index contributed by atoms with van der Waals surface area (Å²) in [6, 6.07) is 13.5. The van der Waals surface area contributed by atoms with Crippen LogP contribution >= 0.6 is 11.6 Å². The molecule has 2 aromatic carbocycles. The zero-order valence-corrected chi connectivity index (χ0v) is 12.8. The summed E-state index contributed by atoms with van der Waals surface area (Å²) in [5, 5.41) is 10.8. The second-order valence-electron chi connectivity index (χ2n) is 4.73. The molecule has 0 N–H and O–H groups in total. The Labute approximate surface area is 133 Å². The molecule has 0 saturated carbocycles. The molecular formula is C16H15ClN2O3. The van der Waals surface area contributed by atoms with Gasteiger partial charge in [-0.05, 0) is 18.6 Å². The van der Waals surface area contributed by atoms with Crippen molar-refractivity contribution in [1.82, 2.24) is 4.90 Å². The summed E-state index contributed by atoms with van der Waals surface area (Å²) in [5.41, 5.74) is 1.15. The van der Waals surface area contributed by atoms with Crippen LogP contribution in [0.2, 0.25) is 5.02 Å². The Balaban J connectivity index is 2.23. The first kappa shape index (κ1) is 16.0. The van der Waals surface area contributed by atoms with Gasteiger partial charge in [-0.25, -0.2) is 0 Å². The minimum atomic E-state index is -0.540. The molecule has 0 saturated heterocycles. The van der Waals surface area contributed by atoms with Crippen LogP contribution in [-0.4, -0.2) is 22.3 Å². The Morgan fingerprint density at radius 2 is 1.91 bits per heavy atom. The number of nitro benzene ring substituents is 1. The lowest BCUT2D eigenvalue weighted by Crippen LogP contribution is -2.30. The molecular weight excluding hydrogens is 304 g/mol. The third kappa shape index (κ3) is 3.62. The molecule has 0 aliphatic heterocycles. The van der Waals surface area contributed by atoms with E-state index in [1.807, 2.05) is 37.3 Å². The number of hydrogen-bond donors (Lipinski definition) is 0. The van der Waals surface area contributed by atoms with E-state index in [0.717, 1.165) is 5.56 Å². The molecule has 0 unspecified atom stereocenters. The first-order valence-corrected chi connectivity index (χ1v) is 7.18. The number of nitro groups is 1. The Morgan fingerprint density at radius 1 is 1.23 bits per heavy atom. The first-order chi connectivity index (χ1) is 10.5. The predicted octanol–water partition coefficient (Wildman–Crippen LogP) is 3.91. The quantitative estimate of drug-likeness (QED) is 0.620. The lowest BCUT2D eigenvalue weighted by atomic mass is 10.1. The van der Waals surface area contributed by atoms with Gasteiger partial charge in [0.05, 0.1) is 15.5 Å². The van der Waals surface area contributed by atoms with Crippen molar-refractivity contribution in [1.29, 1.82) is 0 Å². The number of benzene rings is 2. The summed E-state index contributed by atoms with van der Waals surface area (Å²) in [6.07, 6.45) is 0. The number of hydrogen-bond acceptors (Lipinski definition) is 3. The summed E-state index contributed by atoms with van der Waals surface area (Å²) in [7, 11) is 0. The van der Waals surface area contributed by atoms with Crippen LogP contribution in [0, 0.1) is 10.1 Å². The van der Waals surface area contributed by atoms with E-state index in [0.29, 0.717) is 13.1 Å². The molecule has 0 fully saturated rings. The van der Waals surface area contributed by atoms with Crippen molar-refractivity contribution in [2.45, 2.75) is 13.5 Å². The lowest BCUT2D eigenvalue weighted by Gasteiger charge is -2.21. The second-order valence-corrected chi connectivity index (χ2v) is 5.13. The highest BCUT2D eigenvalue weighted by molar-refractivity contribution is 6.34. The van der Waals surface area contributed by atoms with E-state index in [9.17, 15) is 14.9 Å². The van der Waals surface area contributed by atoms with Gasteiger partial charge in [0.1, 0.15) is 0 Å². The molecule has 22 heavy (non-hydrogen) atoms. The van der Waals surface area contributed by atoms with E-state index in [4.69, 9.17) is 11.6 Å². The molecule has 0 radical (unpaired) electrons. The maximum Gasteiger partial charge on any atom is 0.270 e. The van der Waals surface area contributed by atoms with E-state index in [1.54, 1.807) is 4.90 Å². The highest BCUT2D eigenvalue weighted by Crippen LogP contribution is 2.24. The van der Waals surface area contributed by atoms with Gasteiger partial charge in [0, 0.05) is 25.2 Å². The van der Waals surface area contributed by atoms with Crippen LogP contribution in [0.4, 0.5) is 5.69 Å². The van der Waals surface area contributed by atoms with Crippen LogP contribution in [0.3, 0.4) is 0 Å². The maximum absolute atomic E-state index is 12.6. The van der Waals surface area contributed by atoms with Crippen LogP contribution in [0.25, 0.3) is 0 Å². The van der Waals surface area contributed by atoms with Crippen molar-refractivity contribution in [2.24, 2.45) is 0 Å². The molecule has 2 rings (SSSR count). The average molecular weight is 319 g/mol. The summed E-state index contributed by atoms with van der Waals surface area (Å²) in [4.78, 5) is 24.4. The zero-order chi connectivity index (χ0) is 16.1. The highest BCUT2D eigenvalue weighted by Gasteiger charge is 2.19. The van der Waals surface area contributed by atoms with Crippen LogP contribution in [-0.2, 0) is 6.54 Å². The maximum atomic E-state index is 12.6. The minimum absolute atomic E-state index is 0.0886. The van der Waals surface area contributed by atoms with Crippen molar-refractivity contribution >= 4 is 23.2 Å². The van der Waals surface area contributed by atoms with Crippen molar-refractivity contribution in [3.05, 3.63) is 74.8 Å². The molecule has 5 nitrogen and oxygen atoms in total. The summed E-state index contributed by atoms with van der Waals surface area (Å²) < 4.78 is 0. The van der Waals surface area contributed by atoms with Crippen LogP contribution < -0.4 is 0 Å². The van der Waals surface area contributed by atoms with Gasteiger partial charge in [0.15, 0.2) is 0 Å². The zero-order valence-electron chi connectivity index (χ0n) is 12.0. The monoisotopic (exact) mass is 318 g/mol. The van der Waals surface area contributed by atoms with Gasteiger partial charge < -0.3 is 4.90 Å². The molecule has 1 amide bonds. The van der Waals surface area contributed by atoms with Crippen molar-refractivity contribution < 1.29 is 9.72 Å². The highest BCUT2D eigenvalue weighted by atomic mass is 35.5. The number of carbonyl (C=O) groups is 1. The molecule has 0 bridgehead atoms. The van der Waals surface area contributed by atoms with E-state index in [1.165, 1.54) is 18.2 Å². The normalized spacial score (nSPS) is 10.3. The Morgan fingerprint density at radius 3 is 2.45 bits per heavy atom. The van der Waals surface area contributed by atoms with Crippen molar-refractivity contribution in [3.8, 4) is 0 Å². The molecule has 2 aromatic rings. The number of non-ortho nitro benzene ring substituents is 1. The predicted molar refractivity (Wildman–Crippen MR) is 85.0 cm³/mol. The first-order valence-electron chi connectivity index (χ1n) is 6.80. The minimum Gasteiger partial charge on any atom is -0.335 e. The molecule has 6 heteroatoms. The smallest absolute Gasteiger partial charge is 0.270 e. The number of halogens is 1. The fraction of sp³-hybridized carbons (Fsp3) is 0.188. The Hall–Kier alpha value is -2.40. The van der Waals surface area contributed by atoms with Crippen molar-refractivity contribution in [3.63, 3.8) is 0 Å². The van der Waals surface area contributed by atoms with Gasteiger partial charge in [-0.2, -0.15) is 0 Å². The molecule has 0 spiro atoms. The van der Waals surface area contributed by atoms with Crippen LogP contribution in [0.5, 0.6) is 0 Å². The number of carbonyl (C=O) groups excluding carboxylic acids is 1. The van der Waals surface area contributed by atoms with Gasteiger partial charge in [0.2, 0.25) is 0 Å². The number of nitrogens with zero attached hydrogens (tertiary/aromatic N) is 2. The Bertz CT molecular complexity index is 689. The second kappa shape index (κ2) is 7.04. The standard InChI is InChI=1S/C16H15ClN2O3/c1-2-18(11-12-6-4-3-5-7-12)16(20)14-9-8-13(19(21)22)10-15(14)17/h3-10H,2,11H2,1H3. The fourth-order valence-electron chi connectivity index (χ4n) is 2.09. The molecule has 0 aliphatic carbocycles.